The fraction of sp³-hybridized carbons (Fsp3) is 0.526. The van der Waals surface area contributed by atoms with Gasteiger partial charge in [0.1, 0.15) is 0 Å². The van der Waals surface area contributed by atoms with E-state index in [0.29, 0.717) is 11.5 Å². The monoisotopic (exact) mass is 348 g/mol. The normalized spacial score (nSPS) is 11.2. The summed E-state index contributed by atoms with van der Waals surface area (Å²) in [6.45, 7) is 9.23. The van der Waals surface area contributed by atoms with Gasteiger partial charge >= 0.3 is 5.97 Å². The highest BCUT2D eigenvalue weighted by Crippen LogP contribution is 2.15. The van der Waals surface area contributed by atoms with Crippen molar-refractivity contribution in [3.63, 3.8) is 0 Å². The fourth-order valence-corrected chi connectivity index (χ4v) is 2.09. The van der Waals surface area contributed by atoms with Crippen LogP contribution in [0.1, 0.15) is 56.5 Å². The molecule has 138 valence electrons. The number of nitrogens with one attached hydrogen (secondary N) is 1. The molecular weight excluding hydrogens is 320 g/mol. The van der Waals surface area contributed by atoms with Crippen molar-refractivity contribution < 1.29 is 19.1 Å². The van der Waals surface area contributed by atoms with Crippen molar-refractivity contribution in [2.75, 3.05) is 20.2 Å². The zero-order valence-corrected chi connectivity index (χ0v) is 15.9. The van der Waals surface area contributed by atoms with Crippen LogP contribution in [0.3, 0.4) is 0 Å². The standard InChI is InChI=1S/C19H28N2O4/c1-13(2)14-7-9-15(10-8-14)18(24)25-12-17(23)21(6)11-16(22)20-19(3,4)5/h7-10,13H,11-12H2,1-6H3,(H,20,22). The SMILES string of the molecule is CC(C)c1ccc(C(=O)OCC(=O)N(C)CC(=O)NC(C)(C)C)cc1. The number of likely N-dealkylation sites (N-methyl/N-ethyl adjacent to an activating group) is 1. The van der Waals surface area contributed by atoms with Gasteiger partial charge in [-0.05, 0) is 44.4 Å². The lowest BCUT2D eigenvalue weighted by Crippen LogP contribution is -2.46. The molecule has 0 aromatic heterocycles. The quantitative estimate of drug-likeness (QED) is 0.801. The van der Waals surface area contributed by atoms with Gasteiger partial charge in [0.25, 0.3) is 5.91 Å². The molecule has 0 radical (unpaired) electrons. The topological polar surface area (TPSA) is 75.7 Å². The van der Waals surface area contributed by atoms with Crippen LogP contribution in [0.25, 0.3) is 0 Å². The molecule has 0 aliphatic heterocycles. The summed E-state index contributed by atoms with van der Waals surface area (Å²) in [5.41, 5.74) is 1.15. The van der Waals surface area contributed by atoms with Crippen molar-refractivity contribution in [1.82, 2.24) is 10.2 Å². The molecule has 0 fully saturated rings. The molecule has 1 aromatic carbocycles. The summed E-state index contributed by atoms with van der Waals surface area (Å²) >= 11 is 0. The van der Waals surface area contributed by atoms with E-state index in [1.165, 1.54) is 11.9 Å². The molecule has 1 N–H and O–H groups in total. The maximum absolute atomic E-state index is 12.0. The largest absolute Gasteiger partial charge is 0.452 e. The second-order valence-corrected chi connectivity index (χ2v) is 7.40. The van der Waals surface area contributed by atoms with Gasteiger partial charge in [0, 0.05) is 12.6 Å². The summed E-state index contributed by atoms with van der Waals surface area (Å²) in [6.07, 6.45) is 0. The third-order valence-electron chi connectivity index (χ3n) is 3.46. The Labute approximate surface area is 149 Å². The molecule has 0 aliphatic carbocycles. The van der Waals surface area contributed by atoms with Gasteiger partial charge in [-0.15, -0.1) is 0 Å². The summed E-state index contributed by atoms with van der Waals surface area (Å²) in [6, 6.07) is 7.10. The average molecular weight is 348 g/mol. The molecule has 0 spiro atoms. The molecule has 6 heteroatoms. The van der Waals surface area contributed by atoms with Crippen molar-refractivity contribution >= 4 is 17.8 Å². The average Bonchev–Trinajstić information content (AvgIpc) is 2.50. The highest BCUT2D eigenvalue weighted by atomic mass is 16.5. The molecule has 1 aromatic rings. The van der Waals surface area contributed by atoms with Crippen LogP contribution in [-0.2, 0) is 14.3 Å². The van der Waals surface area contributed by atoms with E-state index in [0.717, 1.165) is 5.56 Å². The number of benzene rings is 1. The van der Waals surface area contributed by atoms with E-state index < -0.39 is 18.5 Å². The first-order valence-corrected chi connectivity index (χ1v) is 8.31. The lowest BCUT2D eigenvalue weighted by atomic mass is 10.0. The number of carbonyl (C=O) groups excluding carboxylic acids is 3. The van der Waals surface area contributed by atoms with Gasteiger partial charge in [-0.2, -0.15) is 0 Å². The highest BCUT2D eigenvalue weighted by Gasteiger charge is 2.19. The highest BCUT2D eigenvalue weighted by molar-refractivity contribution is 5.92. The van der Waals surface area contributed by atoms with E-state index in [-0.39, 0.29) is 18.0 Å². The molecule has 2 amide bonds. The van der Waals surface area contributed by atoms with Crippen LogP contribution in [0.4, 0.5) is 0 Å². The molecule has 6 nitrogen and oxygen atoms in total. The maximum atomic E-state index is 12.0. The Hall–Kier alpha value is -2.37. The summed E-state index contributed by atoms with van der Waals surface area (Å²) in [4.78, 5) is 37.0. The zero-order chi connectivity index (χ0) is 19.2. The smallest absolute Gasteiger partial charge is 0.338 e. The van der Waals surface area contributed by atoms with Crippen LogP contribution in [0.15, 0.2) is 24.3 Å². The molecule has 25 heavy (non-hydrogen) atoms. The van der Waals surface area contributed by atoms with Gasteiger partial charge in [-0.3, -0.25) is 9.59 Å². The third-order valence-corrected chi connectivity index (χ3v) is 3.46. The van der Waals surface area contributed by atoms with Crippen LogP contribution in [0.5, 0.6) is 0 Å². The zero-order valence-electron chi connectivity index (χ0n) is 15.9. The number of ether oxygens (including phenoxy) is 1. The first-order chi connectivity index (χ1) is 11.5. The summed E-state index contributed by atoms with van der Waals surface area (Å²) in [5.74, 6) is -0.883. The van der Waals surface area contributed by atoms with Crippen molar-refractivity contribution in [3.05, 3.63) is 35.4 Å². The molecule has 1 rings (SSSR count). The fourth-order valence-electron chi connectivity index (χ4n) is 2.09. The minimum Gasteiger partial charge on any atom is -0.452 e. The van der Waals surface area contributed by atoms with E-state index in [4.69, 9.17) is 4.74 Å². The van der Waals surface area contributed by atoms with E-state index in [9.17, 15) is 14.4 Å². The molecule has 0 aliphatic rings. The minimum atomic E-state index is -0.559. The summed E-state index contributed by atoms with van der Waals surface area (Å²) in [5, 5.41) is 2.77. The second kappa shape index (κ2) is 8.65. The van der Waals surface area contributed by atoms with Gasteiger partial charge in [0.15, 0.2) is 6.61 Å². The Morgan fingerprint density at radius 2 is 1.68 bits per heavy atom. The molecule has 0 unspecified atom stereocenters. The van der Waals surface area contributed by atoms with Gasteiger partial charge in [-0.1, -0.05) is 26.0 Å². The third kappa shape index (κ3) is 7.37. The van der Waals surface area contributed by atoms with Crippen molar-refractivity contribution in [3.8, 4) is 0 Å². The molecule has 0 bridgehead atoms. The molecule has 0 saturated heterocycles. The second-order valence-electron chi connectivity index (χ2n) is 7.40. The summed E-state index contributed by atoms with van der Waals surface area (Å²) in [7, 11) is 1.50. The molecule has 0 heterocycles. The van der Waals surface area contributed by atoms with Gasteiger partial charge in [-0.25, -0.2) is 4.79 Å². The predicted octanol–water partition coefficient (Wildman–Crippen LogP) is 2.34. The number of esters is 1. The number of nitrogens with zero attached hydrogens (tertiary/aromatic N) is 1. The van der Waals surface area contributed by atoms with Gasteiger partial charge < -0.3 is 15.0 Å². The van der Waals surface area contributed by atoms with Gasteiger partial charge in [0.05, 0.1) is 12.1 Å². The van der Waals surface area contributed by atoms with Crippen molar-refractivity contribution in [2.45, 2.75) is 46.1 Å². The minimum absolute atomic E-state index is 0.0866. The first kappa shape index (κ1) is 20.7. The molecule has 0 saturated carbocycles. The van der Waals surface area contributed by atoms with E-state index >= 15 is 0 Å². The lowest BCUT2D eigenvalue weighted by molar-refractivity contribution is -0.137. The molecule has 0 atom stereocenters. The summed E-state index contributed by atoms with van der Waals surface area (Å²) < 4.78 is 5.03. The number of amides is 2. The van der Waals surface area contributed by atoms with Crippen LogP contribution < -0.4 is 5.32 Å². The van der Waals surface area contributed by atoms with E-state index in [1.54, 1.807) is 12.1 Å². The Kier molecular flexibility index (Phi) is 7.15. The van der Waals surface area contributed by atoms with Crippen molar-refractivity contribution in [2.24, 2.45) is 0 Å². The van der Waals surface area contributed by atoms with E-state index in [2.05, 4.69) is 19.2 Å². The number of hydrogen-bond donors (Lipinski definition) is 1. The van der Waals surface area contributed by atoms with Crippen LogP contribution in [0.2, 0.25) is 0 Å². The lowest BCUT2D eigenvalue weighted by Gasteiger charge is -2.23. The van der Waals surface area contributed by atoms with Crippen molar-refractivity contribution in [1.29, 1.82) is 0 Å². The first-order valence-electron chi connectivity index (χ1n) is 8.31. The Balaban J connectivity index is 2.49. The number of rotatable bonds is 6. The Bertz CT molecular complexity index is 615. The molecular formula is C19H28N2O4. The van der Waals surface area contributed by atoms with Crippen LogP contribution >= 0.6 is 0 Å². The van der Waals surface area contributed by atoms with Crippen LogP contribution in [0, 0.1) is 0 Å². The number of carbonyl (C=O) groups is 3. The Morgan fingerprint density at radius 3 is 2.16 bits per heavy atom. The predicted molar refractivity (Wildman–Crippen MR) is 96.3 cm³/mol. The maximum Gasteiger partial charge on any atom is 0.338 e. The number of hydrogen-bond acceptors (Lipinski definition) is 4. The van der Waals surface area contributed by atoms with Gasteiger partial charge in [0.2, 0.25) is 5.91 Å². The van der Waals surface area contributed by atoms with E-state index in [1.807, 2.05) is 32.9 Å². The Morgan fingerprint density at radius 1 is 1.12 bits per heavy atom. The van der Waals surface area contributed by atoms with Crippen LogP contribution in [-0.4, -0.2) is 48.4 Å².